The number of ketones is 1. The first kappa shape index (κ1) is 108. The van der Waals surface area contributed by atoms with Gasteiger partial charge in [0.25, 0.3) is 0 Å². The van der Waals surface area contributed by atoms with Crippen molar-refractivity contribution in [2.45, 2.75) is 362 Å². The van der Waals surface area contributed by atoms with Crippen molar-refractivity contribution in [3.63, 3.8) is 0 Å². The first-order valence-electron chi connectivity index (χ1n) is 54.3. The molecule has 0 radical (unpaired) electrons. The standard InChI is InChI=1S/C58H88N6O4.C56H88N6O6.CH4/c1-5-41(3)55(65)59-53(45-23-9-7-10-24-45)57(67)63-37-19-27-47(63)39-61(51-33-31-43-21-13-15-29-49(43)51)35-17-18-36-62(52-34-32-44-22-14-16-30-50(44)52)40-48-28-20-38-64(48)58(68)54(46-25-11-8-12-26-46)60-56(66)42(4)6-2;1-11-41(6)52(64)58-51(40(4)5)54(66)62-29-25-55(8)34-47(36-60(38-56(55,62)9)27-23-44-20-16-13-17-21-44)68-31-30-67-46-32-45-24-28-61(53(65)48(39(2)3)33-50(63)42(7)57-10)49(45)37-59(35-46)26-22-43-18-14-12-15-19-43;/h13-16,21-22,29-30,41-42,45-48,51-54H,5-12,17-20,23-28,31-40H2,1-4H3,(H,59,65)(H,60,66);12-21,39-42,45-49,51,57H,11,22-38H2,1-10H3,(H,58,64);1H4/t41-,42-,47+,48+,51?,52?,53+,54?;41-,42-,45+,46-,47-,48+,49-,51+,55+,56-;/m11./s1. The van der Waals surface area contributed by atoms with Crippen LogP contribution in [0.25, 0.3) is 0 Å². The van der Waals surface area contributed by atoms with Crippen molar-refractivity contribution in [1.82, 2.24) is 60.5 Å². The second-order valence-corrected chi connectivity index (χ2v) is 44.4. The van der Waals surface area contributed by atoms with Crippen molar-refractivity contribution in [1.29, 1.82) is 0 Å². The van der Waals surface area contributed by atoms with Crippen molar-refractivity contribution in [3.05, 3.63) is 143 Å². The van der Waals surface area contributed by atoms with E-state index in [-0.39, 0.29) is 150 Å². The zero-order valence-corrected chi connectivity index (χ0v) is 86.1. The van der Waals surface area contributed by atoms with Crippen LogP contribution in [-0.4, -0.2) is 258 Å². The van der Waals surface area contributed by atoms with Crippen LogP contribution in [-0.2, 0) is 73.5 Å². The number of hydrogen-bond acceptors (Lipinski definition) is 15. The van der Waals surface area contributed by atoms with Crippen molar-refractivity contribution >= 4 is 47.1 Å². The molecule has 760 valence electrons. The van der Waals surface area contributed by atoms with E-state index in [1.807, 2.05) is 48.5 Å². The first-order valence-corrected chi connectivity index (χ1v) is 54.3. The minimum Gasteiger partial charge on any atom is -0.374 e. The molecule has 0 spiro atoms. The summed E-state index contributed by atoms with van der Waals surface area (Å²) in [4.78, 5) is 131. The van der Waals surface area contributed by atoms with Crippen LogP contribution in [0.15, 0.2) is 109 Å². The molecule has 2 saturated carbocycles. The number of ether oxygens (including phenoxy) is 2. The Kier molecular flexibility index (Phi) is 41.1. The maximum Gasteiger partial charge on any atom is 0.245 e. The average Bonchev–Trinajstić information content (AvgIpc) is 1.57. The monoisotopic (exact) mass is 1890 g/mol. The van der Waals surface area contributed by atoms with Crippen LogP contribution in [0.3, 0.4) is 0 Å². The number of aryl methyl sites for hydroxylation is 2. The second-order valence-electron chi connectivity index (χ2n) is 44.4. The van der Waals surface area contributed by atoms with Crippen LogP contribution < -0.4 is 21.3 Å². The quantitative estimate of drug-likeness (QED) is 0.0302. The van der Waals surface area contributed by atoms with Gasteiger partial charge >= 0.3 is 0 Å². The third kappa shape index (κ3) is 27.7. The number of carbonyl (C=O) groups excluding carboxylic acids is 8. The molecule has 8 fully saturated rings. The molecule has 22 heteroatoms. The summed E-state index contributed by atoms with van der Waals surface area (Å²) < 4.78 is 13.7. The molecule has 4 N–H and O–H groups in total. The van der Waals surface area contributed by atoms with E-state index in [1.54, 1.807) is 7.05 Å². The summed E-state index contributed by atoms with van der Waals surface area (Å²) in [5.74, 6) is 0.559. The Balaban J connectivity index is 0.000000244. The van der Waals surface area contributed by atoms with Crippen molar-refractivity contribution < 1.29 is 47.8 Å². The highest BCUT2D eigenvalue weighted by Gasteiger charge is 2.59. The van der Waals surface area contributed by atoms with Gasteiger partial charge in [-0.05, 0) is 250 Å². The fourth-order valence-corrected chi connectivity index (χ4v) is 25.1. The first-order chi connectivity index (χ1) is 65.6. The summed E-state index contributed by atoms with van der Waals surface area (Å²) in [6.45, 7) is 39.0. The highest BCUT2D eigenvalue weighted by Crippen LogP contribution is 2.52. The van der Waals surface area contributed by atoms with E-state index in [0.29, 0.717) is 44.3 Å². The lowest BCUT2D eigenvalue weighted by molar-refractivity contribution is -0.144. The second kappa shape index (κ2) is 52.0. The molecule has 14 rings (SSSR count). The number of nitrogens with zero attached hydrogens (tertiary/aromatic N) is 8. The maximum atomic E-state index is 14.8. The van der Waals surface area contributed by atoms with E-state index < -0.39 is 23.7 Å². The van der Waals surface area contributed by atoms with Crippen LogP contribution in [0.4, 0.5) is 0 Å². The fraction of sp³-hybridized carbons (Fsp3) is 0.722. The average molecular weight is 1890 g/mol. The molecule has 4 aliphatic carbocycles. The number of nitrogens with one attached hydrogen (secondary N) is 4. The minimum absolute atomic E-state index is 0. The van der Waals surface area contributed by atoms with Crippen LogP contribution in [0, 0.1) is 58.7 Å². The Labute approximate surface area is 826 Å². The van der Waals surface area contributed by atoms with E-state index in [2.05, 4.69) is 211 Å². The summed E-state index contributed by atoms with van der Waals surface area (Å²) >= 11 is 0. The number of unbranched alkanes of at least 4 members (excludes halogenated alkanes) is 1. The molecule has 0 aromatic heterocycles. The van der Waals surface area contributed by atoms with E-state index >= 15 is 0 Å². The van der Waals surface area contributed by atoms with Gasteiger partial charge in [0.2, 0.25) is 41.4 Å². The van der Waals surface area contributed by atoms with E-state index in [4.69, 9.17) is 9.47 Å². The summed E-state index contributed by atoms with van der Waals surface area (Å²) in [6.07, 6.45) is 29.3. The smallest absolute Gasteiger partial charge is 0.245 e. The van der Waals surface area contributed by atoms with Crippen LogP contribution in [0.2, 0.25) is 0 Å². The fourth-order valence-electron chi connectivity index (χ4n) is 25.1. The normalized spacial score (nSPS) is 26.1. The third-order valence-corrected chi connectivity index (χ3v) is 34.7. The molecule has 3 unspecified atom stereocenters. The Morgan fingerprint density at radius 2 is 0.949 bits per heavy atom. The van der Waals surface area contributed by atoms with E-state index in [9.17, 15) is 38.4 Å². The van der Waals surface area contributed by atoms with Gasteiger partial charge in [-0.2, -0.15) is 0 Å². The number of amides is 7. The Morgan fingerprint density at radius 1 is 0.482 bits per heavy atom. The Hall–Kier alpha value is -7.44. The Morgan fingerprint density at radius 3 is 1.43 bits per heavy atom. The molecular weight excluding hydrogens is 1710 g/mol. The maximum absolute atomic E-state index is 14.8. The molecule has 6 saturated heterocycles. The summed E-state index contributed by atoms with van der Waals surface area (Å²) in [6, 6.07) is 38.5. The van der Waals surface area contributed by atoms with Crippen LogP contribution in [0.1, 0.15) is 310 Å². The van der Waals surface area contributed by atoms with Gasteiger partial charge in [-0.15, -0.1) is 0 Å². The molecule has 6 heterocycles. The van der Waals surface area contributed by atoms with Gasteiger partial charge in [0.1, 0.15) is 23.9 Å². The number of likely N-dealkylation sites (N-methyl/N-ethyl adjacent to an activating group) is 1. The van der Waals surface area contributed by atoms with Gasteiger partial charge in [-0.1, -0.05) is 231 Å². The molecule has 18 atom stereocenters. The predicted octanol–water partition coefficient (Wildman–Crippen LogP) is 17.5. The van der Waals surface area contributed by atoms with Gasteiger partial charge in [-0.25, -0.2) is 0 Å². The summed E-state index contributed by atoms with van der Waals surface area (Å²) in [7, 11) is 1.80. The number of likely N-dealkylation sites (tertiary alicyclic amines) is 6. The molecule has 4 aromatic rings. The highest BCUT2D eigenvalue weighted by atomic mass is 16.5. The van der Waals surface area contributed by atoms with E-state index in [0.717, 1.165) is 252 Å². The number of fused-ring (bicyclic) bond motifs is 4. The van der Waals surface area contributed by atoms with Gasteiger partial charge in [-0.3, -0.25) is 58.0 Å². The molecule has 22 nitrogen and oxygen atoms in total. The topological polar surface area (TPSA) is 229 Å². The minimum atomic E-state index is -0.581. The molecule has 137 heavy (non-hydrogen) atoms. The number of Topliss-reactive ketones (excluding diaryl/α,β-unsaturated/α-hetero) is 1. The largest absolute Gasteiger partial charge is 0.374 e. The molecule has 6 aliphatic heterocycles. The lowest BCUT2D eigenvalue weighted by Gasteiger charge is -2.47. The SMILES string of the molecule is C.CC[C@@H](C)C(=O)NC(C(=O)N1CCC[C@H]1CN(CCCCN(C[C@@H]1CCCN1C(=O)[C@@H](NC(=O)[C@H](C)CC)C1CCCCC1)C1CCc2ccccc21)C1CCc2ccccc21)C1CCCCC1.CC[C@@H](C)C(=O)N[C@H](C(=O)N1CC[C@@]2(C)C[C@@H](OCCO[C@@H]3C[C@@H]4CCN(C(=O)[C@@H](CC(=O)[C@@H](C)NC)C(C)C)[C@@H]4CN(CCc4ccccc4)C3)CN(CCc3ccccc3)C[C@@]12C)C(C)C. The molecule has 7 amide bonds. The highest BCUT2D eigenvalue weighted by molar-refractivity contribution is 5.92. The summed E-state index contributed by atoms with van der Waals surface area (Å²) in [5, 5.41) is 12.9. The molecule has 4 aromatic carbocycles. The number of carbonyl (C=O) groups is 8. The van der Waals surface area contributed by atoms with Gasteiger partial charge in [0.15, 0.2) is 0 Å². The molecule has 10 aliphatic rings. The Bertz CT molecular complexity index is 4330. The zero-order chi connectivity index (χ0) is 96.7. The number of rotatable bonds is 43. The van der Waals surface area contributed by atoms with E-state index in [1.165, 1.54) is 46.2 Å². The van der Waals surface area contributed by atoms with Crippen LogP contribution >= 0.6 is 0 Å². The lowest BCUT2D eigenvalue weighted by atomic mass is 9.69. The third-order valence-electron chi connectivity index (χ3n) is 34.7. The van der Waals surface area contributed by atoms with Crippen molar-refractivity contribution in [3.8, 4) is 0 Å². The van der Waals surface area contributed by atoms with Crippen molar-refractivity contribution in [2.24, 2.45) is 58.7 Å². The van der Waals surface area contributed by atoms with Crippen molar-refractivity contribution in [2.75, 3.05) is 112 Å². The number of benzene rings is 4. The van der Waals surface area contributed by atoms with Gasteiger partial charge in [0, 0.05) is 139 Å². The lowest BCUT2D eigenvalue weighted by Crippen LogP contribution is -2.62. The molecule has 0 bridgehead atoms. The number of hydrogen-bond donors (Lipinski definition) is 4. The van der Waals surface area contributed by atoms with Crippen LogP contribution in [0.5, 0.6) is 0 Å². The van der Waals surface area contributed by atoms with Gasteiger partial charge < -0.3 is 50.3 Å². The zero-order valence-electron chi connectivity index (χ0n) is 86.1. The molecular formula is C115H180N12O10. The van der Waals surface area contributed by atoms with Gasteiger partial charge in [0.05, 0.1) is 37.0 Å². The predicted molar refractivity (Wildman–Crippen MR) is 551 cm³/mol. The summed E-state index contributed by atoms with van der Waals surface area (Å²) in [5.41, 5.74) is 7.73.